The number of hydrogen-bond donors (Lipinski definition) is 0. The van der Waals surface area contributed by atoms with Gasteiger partial charge in [0.1, 0.15) is 5.75 Å². The molecule has 82 valence electrons. The molecule has 2 heteroatoms. The zero-order valence-corrected chi connectivity index (χ0v) is 10.7. The van der Waals surface area contributed by atoms with Crippen molar-refractivity contribution in [1.82, 2.24) is 0 Å². The van der Waals surface area contributed by atoms with Crippen LogP contribution < -0.4 is 4.74 Å². The summed E-state index contributed by atoms with van der Waals surface area (Å²) in [5.41, 5.74) is 2.89. The number of unbranched alkanes of at least 4 members (excludes halogenated alkanes) is 1. The number of rotatable bonds is 4. The van der Waals surface area contributed by atoms with Crippen LogP contribution in [0.25, 0.3) is 0 Å². The van der Waals surface area contributed by atoms with Gasteiger partial charge in [0.05, 0.1) is 6.61 Å². The summed E-state index contributed by atoms with van der Waals surface area (Å²) in [6.07, 6.45) is 4.72. The highest BCUT2D eigenvalue weighted by molar-refractivity contribution is 9.09. The third-order valence-corrected chi connectivity index (χ3v) is 3.84. The fourth-order valence-electron chi connectivity index (χ4n) is 1.97. The molecular formula is C13H17BrO. The third-order valence-electron chi connectivity index (χ3n) is 2.89. The first kappa shape index (κ1) is 11.0. The van der Waals surface area contributed by atoms with Crippen LogP contribution in [0.5, 0.6) is 5.75 Å². The lowest BCUT2D eigenvalue weighted by molar-refractivity contribution is 0.309. The fraction of sp³-hybridized carbons (Fsp3) is 0.538. The topological polar surface area (TPSA) is 9.23 Å². The summed E-state index contributed by atoms with van der Waals surface area (Å²) in [5, 5.41) is 0. The van der Waals surface area contributed by atoms with Crippen LogP contribution in [0.15, 0.2) is 18.2 Å². The number of ether oxygens (including phenoxy) is 1. The summed E-state index contributed by atoms with van der Waals surface area (Å²) >= 11 is 3.68. The molecule has 1 unspecified atom stereocenters. The lowest BCUT2D eigenvalue weighted by Gasteiger charge is -2.08. The van der Waals surface area contributed by atoms with E-state index in [0.29, 0.717) is 4.83 Å². The largest absolute Gasteiger partial charge is 0.494 e. The summed E-state index contributed by atoms with van der Waals surface area (Å²) in [6.45, 7) is 3.02. The average molecular weight is 269 g/mol. The summed E-state index contributed by atoms with van der Waals surface area (Å²) in [7, 11) is 0. The minimum atomic E-state index is 0.553. The molecule has 1 aromatic carbocycles. The first-order valence-corrected chi connectivity index (χ1v) is 6.62. The van der Waals surface area contributed by atoms with Gasteiger partial charge in [-0.25, -0.2) is 0 Å². The van der Waals surface area contributed by atoms with Crippen molar-refractivity contribution in [2.45, 2.75) is 37.4 Å². The van der Waals surface area contributed by atoms with Gasteiger partial charge in [0, 0.05) is 4.83 Å². The summed E-state index contributed by atoms with van der Waals surface area (Å²) in [6, 6.07) is 6.49. The Morgan fingerprint density at radius 1 is 1.47 bits per heavy atom. The summed E-state index contributed by atoms with van der Waals surface area (Å²) in [4.78, 5) is 0.553. The Morgan fingerprint density at radius 2 is 2.33 bits per heavy atom. The van der Waals surface area contributed by atoms with Crippen LogP contribution >= 0.6 is 15.9 Å². The molecular weight excluding hydrogens is 252 g/mol. The molecule has 0 bridgehead atoms. The highest BCUT2D eigenvalue weighted by Gasteiger charge is 2.19. The van der Waals surface area contributed by atoms with Crippen LogP contribution in [0.3, 0.4) is 0 Å². The molecule has 0 fully saturated rings. The smallest absolute Gasteiger partial charge is 0.119 e. The van der Waals surface area contributed by atoms with Gasteiger partial charge in [0.15, 0.2) is 0 Å². The van der Waals surface area contributed by atoms with Crippen molar-refractivity contribution in [2.75, 3.05) is 6.61 Å². The van der Waals surface area contributed by atoms with E-state index in [1.165, 1.54) is 30.4 Å². The van der Waals surface area contributed by atoms with E-state index in [-0.39, 0.29) is 0 Å². The number of alkyl halides is 1. The average Bonchev–Trinajstić information content (AvgIpc) is 2.61. The molecule has 2 rings (SSSR count). The van der Waals surface area contributed by atoms with Crippen LogP contribution in [0.2, 0.25) is 0 Å². The van der Waals surface area contributed by atoms with E-state index in [2.05, 4.69) is 41.1 Å². The minimum absolute atomic E-state index is 0.553. The maximum Gasteiger partial charge on any atom is 0.119 e. The molecule has 1 aliphatic carbocycles. The van der Waals surface area contributed by atoms with Crippen molar-refractivity contribution in [3.63, 3.8) is 0 Å². The van der Waals surface area contributed by atoms with E-state index in [0.717, 1.165) is 18.8 Å². The molecule has 0 heterocycles. The second-order valence-corrected chi connectivity index (χ2v) is 5.17. The molecule has 0 saturated heterocycles. The highest BCUT2D eigenvalue weighted by Crippen LogP contribution is 2.38. The monoisotopic (exact) mass is 268 g/mol. The second-order valence-electron chi connectivity index (χ2n) is 4.07. The molecule has 0 aliphatic heterocycles. The molecule has 0 spiro atoms. The fourth-order valence-corrected chi connectivity index (χ4v) is 2.64. The maximum atomic E-state index is 5.69. The molecule has 0 N–H and O–H groups in total. The minimum Gasteiger partial charge on any atom is -0.494 e. The Hall–Kier alpha value is -0.500. The van der Waals surface area contributed by atoms with Crippen molar-refractivity contribution in [3.05, 3.63) is 29.3 Å². The van der Waals surface area contributed by atoms with E-state index in [1.807, 2.05) is 0 Å². The van der Waals surface area contributed by atoms with Crippen LogP contribution in [0.4, 0.5) is 0 Å². The SMILES string of the molecule is CCCCOc1ccc2c(c1)CCC2Br. The van der Waals surface area contributed by atoms with Crippen molar-refractivity contribution in [2.24, 2.45) is 0 Å². The second kappa shape index (κ2) is 5.02. The van der Waals surface area contributed by atoms with Gasteiger partial charge in [-0.2, -0.15) is 0 Å². The first-order chi connectivity index (χ1) is 7.31. The molecule has 1 atom stereocenters. The van der Waals surface area contributed by atoms with Crippen molar-refractivity contribution >= 4 is 15.9 Å². The molecule has 0 saturated carbocycles. The van der Waals surface area contributed by atoms with Crippen molar-refractivity contribution in [3.8, 4) is 5.75 Å². The lowest BCUT2D eigenvalue weighted by Crippen LogP contribution is -1.97. The Balaban J connectivity index is 2.03. The predicted octanol–water partition coefficient (Wildman–Crippen LogP) is 4.25. The standard InChI is InChI=1S/C13H17BrO/c1-2-3-8-15-11-5-6-12-10(9-11)4-7-13(12)14/h5-6,9,13H,2-4,7-8H2,1H3. The highest BCUT2D eigenvalue weighted by atomic mass is 79.9. The van der Waals surface area contributed by atoms with Gasteiger partial charge in [0.2, 0.25) is 0 Å². The molecule has 1 aromatic rings. The Labute approximate surface area is 100.0 Å². The number of hydrogen-bond acceptors (Lipinski definition) is 1. The quantitative estimate of drug-likeness (QED) is 0.586. The van der Waals surface area contributed by atoms with Gasteiger partial charge in [-0.15, -0.1) is 0 Å². The van der Waals surface area contributed by atoms with Gasteiger partial charge >= 0.3 is 0 Å². The van der Waals surface area contributed by atoms with Crippen molar-refractivity contribution < 1.29 is 4.74 Å². The number of fused-ring (bicyclic) bond motifs is 1. The number of benzene rings is 1. The van der Waals surface area contributed by atoms with E-state index < -0.39 is 0 Å². The summed E-state index contributed by atoms with van der Waals surface area (Å²) in [5.74, 6) is 1.03. The van der Waals surface area contributed by atoms with Crippen LogP contribution in [-0.4, -0.2) is 6.61 Å². The van der Waals surface area contributed by atoms with E-state index >= 15 is 0 Å². The Kier molecular flexibility index (Phi) is 3.68. The lowest BCUT2D eigenvalue weighted by atomic mass is 10.1. The normalized spacial score (nSPS) is 18.9. The molecule has 0 amide bonds. The Bertz CT molecular complexity index is 335. The predicted molar refractivity (Wildman–Crippen MR) is 66.8 cm³/mol. The molecule has 1 aliphatic rings. The van der Waals surface area contributed by atoms with Gasteiger partial charge in [-0.3, -0.25) is 0 Å². The van der Waals surface area contributed by atoms with E-state index in [9.17, 15) is 0 Å². The van der Waals surface area contributed by atoms with Gasteiger partial charge in [-0.1, -0.05) is 35.3 Å². The molecule has 15 heavy (non-hydrogen) atoms. The zero-order valence-electron chi connectivity index (χ0n) is 9.13. The Morgan fingerprint density at radius 3 is 3.13 bits per heavy atom. The van der Waals surface area contributed by atoms with Crippen LogP contribution in [0, 0.1) is 0 Å². The summed E-state index contributed by atoms with van der Waals surface area (Å²) < 4.78 is 5.69. The molecule has 0 radical (unpaired) electrons. The van der Waals surface area contributed by atoms with Gasteiger partial charge in [0.25, 0.3) is 0 Å². The maximum absolute atomic E-state index is 5.69. The molecule has 1 nitrogen and oxygen atoms in total. The van der Waals surface area contributed by atoms with E-state index in [4.69, 9.17) is 4.74 Å². The van der Waals surface area contributed by atoms with Crippen LogP contribution in [-0.2, 0) is 6.42 Å². The van der Waals surface area contributed by atoms with Crippen LogP contribution in [0.1, 0.15) is 42.1 Å². The van der Waals surface area contributed by atoms with Gasteiger partial charge < -0.3 is 4.74 Å². The number of halogens is 1. The zero-order chi connectivity index (χ0) is 10.7. The molecule has 0 aromatic heterocycles. The van der Waals surface area contributed by atoms with E-state index in [1.54, 1.807) is 0 Å². The van der Waals surface area contributed by atoms with Crippen molar-refractivity contribution in [1.29, 1.82) is 0 Å². The first-order valence-electron chi connectivity index (χ1n) is 5.71. The number of aryl methyl sites for hydroxylation is 1. The van der Waals surface area contributed by atoms with Gasteiger partial charge in [-0.05, 0) is 42.5 Å². The third kappa shape index (κ3) is 2.54.